The minimum Gasteiger partial charge on any atom is -0.341 e. The molecule has 2 aromatic heterocycles. The van der Waals surface area contributed by atoms with Crippen LogP contribution in [0.1, 0.15) is 17.0 Å². The Bertz CT molecular complexity index is 785. The Morgan fingerprint density at radius 1 is 1.29 bits per heavy atom. The van der Waals surface area contributed by atoms with E-state index in [-0.39, 0.29) is 0 Å². The molecule has 5 heteroatoms. The molecule has 0 radical (unpaired) electrons. The molecule has 3 rings (SSSR count). The van der Waals surface area contributed by atoms with Crippen molar-refractivity contribution >= 4 is 26.8 Å². The van der Waals surface area contributed by atoms with E-state index in [0.29, 0.717) is 0 Å². The zero-order valence-corrected chi connectivity index (χ0v) is 14.1. The van der Waals surface area contributed by atoms with E-state index >= 15 is 0 Å². The van der Waals surface area contributed by atoms with Gasteiger partial charge in [0.15, 0.2) is 0 Å². The maximum absolute atomic E-state index is 4.46. The third-order valence-corrected chi connectivity index (χ3v) is 4.83. The molecular formula is C16H19BrN4. The predicted octanol–water partition coefficient (Wildman–Crippen LogP) is 3.21. The Kier molecular flexibility index (Phi) is 3.87. The number of fused-ring (bicyclic) bond motifs is 1. The lowest BCUT2D eigenvalue weighted by Gasteiger charge is -2.08. The molecule has 1 aromatic carbocycles. The summed E-state index contributed by atoms with van der Waals surface area (Å²) in [5.74, 6) is 0. The number of nitrogens with one attached hydrogen (secondary N) is 1. The van der Waals surface area contributed by atoms with Gasteiger partial charge in [-0.05, 0) is 59.1 Å². The van der Waals surface area contributed by atoms with E-state index in [1.54, 1.807) is 0 Å². The van der Waals surface area contributed by atoms with Gasteiger partial charge >= 0.3 is 0 Å². The lowest BCUT2D eigenvalue weighted by molar-refractivity contribution is 0.671. The quantitative estimate of drug-likeness (QED) is 0.787. The van der Waals surface area contributed by atoms with Gasteiger partial charge in [-0.3, -0.25) is 4.68 Å². The van der Waals surface area contributed by atoms with Crippen LogP contribution in [0.4, 0.5) is 0 Å². The highest BCUT2D eigenvalue weighted by Crippen LogP contribution is 2.24. The topological polar surface area (TPSA) is 34.8 Å². The van der Waals surface area contributed by atoms with Crippen LogP contribution in [0.25, 0.3) is 10.9 Å². The Morgan fingerprint density at radius 2 is 2.10 bits per heavy atom. The van der Waals surface area contributed by atoms with Gasteiger partial charge in [-0.2, -0.15) is 5.10 Å². The van der Waals surface area contributed by atoms with Crippen LogP contribution in [0, 0.1) is 6.92 Å². The highest BCUT2D eigenvalue weighted by atomic mass is 79.9. The first kappa shape index (κ1) is 14.4. The molecule has 0 saturated carbocycles. The summed E-state index contributed by atoms with van der Waals surface area (Å²) >= 11 is 3.64. The van der Waals surface area contributed by atoms with Crippen molar-refractivity contribution in [3.8, 4) is 0 Å². The second kappa shape index (κ2) is 5.66. The summed E-state index contributed by atoms with van der Waals surface area (Å²) in [7, 11) is 3.96. The summed E-state index contributed by atoms with van der Waals surface area (Å²) in [5.41, 5.74) is 4.77. The number of aryl methyl sites for hydroxylation is 2. The SMILES string of the molecule is CNCc1ccc2c(ccn2Cc2c(Br)c(C)nn2C)c1. The number of hydrogen-bond acceptors (Lipinski definition) is 2. The van der Waals surface area contributed by atoms with Gasteiger partial charge in [-0.15, -0.1) is 0 Å². The van der Waals surface area contributed by atoms with E-state index in [2.05, 4.69) is 61.4 Å². The number of nitrogens with zero attached hydrogens (tertiary/aromatic N) is 3. The maximum Gasteiger partial charge on any atom is 0.0739 e. The van der Waals surface area contributed by atoms with Crippen LogP contribution < -0.4 is 5.32 Å². The molecule has 0 fully saturated rings. The van der Waals surface area contributed by atoms with Crippen molar-refractivity contribution in [1.29, 1.82) is 0 Å². The number of aromatic nitrogens is 3. The van der Waals surface area contributed by atoms with Crippen LogP contribution in [0.5, 0.6) is 0 Å². The second-order valence-corrected chi connectivity index (χ2v) is 6.13. The van der Waals surface area contributed by atoms with Crippen LogP contribution in [-0.4, -0.2) is 21.4 Å². The Balaban J connectivity index is 1.98. The molecule has 3 aromatic rings. The molecule has 0 aliphatic rings. The largest absolute Gasteiger partial charge is 0.341 e. The van der Waals surface area contributed by atoms with Crippen LogP contribution >= 0.6 is 15.9 Å². The molecule has 0 bridgehead atoms. The van der Waals surface area contributed by atoms with Crippen LogP contribution in [0.2, 0.25) is 0 Å². The third kappa shape index (κ3) is 2.63. The highest BCUT2D eigenvalue weighted by Gasteiger charge is 2.12. The molecule has 2 heterocycles. The highest BCUT2D eigenvalue weighted by molar-refractivity contribution is 9.10. The van der Waals surface area contributed by atoms with Crippen molar-refractivity contribution in [3.63, 3.8) is 0 Å². The lowest BCUT2D eigenvalue weighted by Crippen LogP contribution is -2.06. The van der Waals surface area contributed by atoms with E-state index in [4.69, 9.17) is 0 Å². The molecule has 0 aliphatic heterocycles. The third-order valence-electron chi connectivity index (χ3n) is 3.80. The summed E-state index contributed by atoms with van der Waals surface area (Å²) in [4.78, 5) is 0. The summed E-state index contributed by atoms with van der Waals surface area (Å²) in [6, 6.07) is 8.79. The molecule has 21 heavy (non-hydrogen) atoms. The van der Waals surface area contributed by atoms with Gasteiger partial charge in [0.2, 0.25) is 0 Å². The lowest BCUT2D eigenvalue weighted by atomic mass is 10.1. The number of rotatable bonds is 4. The van der Waals surface area contributed by atoms with Crippen molar-refractivity contribution in [2.75, 3.05) is 7.05 Å². The molecule has 0 saturated heterocycles. The number of benzene rings is 1. The summed E-state index contributed by atoms with van der Waals surface area (Å²) in [6.07, 6.45) is 2.14. The second-order valence-electron chi connectivity index (χ2n) is 5.34. The smallest absolute Gasteiger partial charge is 0.0739 e. The monoisotopic (exact) mass is 346 g/mol. The van der Waals surface area contributed by atoms with Crippen molar-refractivity contribution in [3.05, 3.63) is 51.9 Å². The minimum absolute atomic E-state index is 0.812. The zero-order chi connectivity index (χ0) is 15.0. The Hall–Kier alpha value is -1.59. The molecule has 4 nitrogen and oxygen atoms in total. The fourth-order valence-electron chi connectivity index (χ4n) is 2.71. The first-order chi connectivity index (χ1) is 10.1. The molecule has 0 amide bonds. The molecule has 0 spiro atoms. The fraction of sp³-hybridized carbons (Fsp3) is 0.312. The van der Waals surface area contributed by atoms with Gasteiger partial charge in [-0.25, -0.2) is 0 Å². The van der Waals surface area contributed by atoms with E-state index < -0.39 is 0 Å². The van der Waals surface area contributed by atoms with Gasteiger partial charge in [0.25, 0.3) is 0 Å². The summed E-state index contributed by atoms with van der Waals surface area (Å²) < 4.78 is 5.30. The van der Waals surface area contributed by atoms with Gasteiger partial charge in [0.05, 0.1) is 22.4 Å². The number of hydrogen-bond donors (Lipinski definition) is 1. The predicted molar refractivity (Wildman–Crippen MR) is 89.4 cm³/mol. The summed E-state index contributed by atoms with van der Waals surface area (Å²) in [5, 5.41) is 8.92. The first-order valence-electron chi connectivity index (χ1n) is 7.00. The molecule has 0 aliphatic carbocycles. The molecule has 1 N–H and O–H groups in total. The summed E-state index contributed by atoms with van der Waals surface area (Å²) in [6.45, 7) is 3.73. The molecule has 110 valence electrons. The van der Waals surface area contributed by atoms with Gasteiger partial charge < -0.3 is 9.88 Å². The van der Waals surface area contributed by atoms with Crippen molar-refractivity contribution < 1.29 is 0 Å². The standard InChI is InChI=1S/C16H19BrN4/c1-11-16(17)15(20(3)19-11)10-21-7-6-13-8-12(9-18-2)4-5-14(13)21/h4-8,18H,9-10H2,1-3H3. The van der Waals surface area contributed by atoms with Gasteiger partial charge in [0, 0.05) is 25.3 Å². The van der Waals surface area contributed by atoms with Crippen LogP contribution in [-0.2, 0) is 20.1 Å². The Labute approximate surface area is 132 Å². The van der Waals surface area contributed by atoms with Crippen LogP contribution in [0.3, 0.4) is 0 Å². The molecular weight excluding hydrogens is 328 g/mol. The van der Waals surface area contributed by atoms with E-state index in [1.807, 2.05) is 25.7 Å². The minimum atomic E-state index is 0.812. The average molecular weight is 347 g/mol. The average Bonchev–Trinajstić information content (AvgIpc) is 2.96. The first-order valence-corrected chi connectivity index (χ1v) is 7.80. The number of halogens is 1. The van der Waals surface area contributed by atoms with Crippen molar-refractivity contribution in [2.24, 2.45) is 7.05 Å². The Morgan fingerprint density at radius 3 is 2.76 bits per heavy atom. The van der Waals surface area contributed by atoms with Gasteiger partial charge in [-0.1, -0.05) is 6.07 Å². The van der Waals surface area contributed by atoms with Gasteiger partial charge in [0.1, 0.15) is 0 Å². The molecule has 0 atom stereocenters. The zero-order valence-electron chi connectivity index (χ0n) is 12.5. The van der Waals surface area contributed by atoms with Crippen molar-refractivity contribution in [1.82, 2.24) is 19.7 Å². The van der Waals surface area contributed by atoms with E-state index in [1.165, 1.54) is 22.2 Å². The van der Waals surface area contributed by atoms with Crippen LogP contribution in [0.15, 0.2) is 34.9 Å². The fourth-order valence-corrected chi connectivity index (χ4v) is 3.18. The maximum atomic E-state index is 4.46. The van der Waals surface area contributed by atoms with E-state index in [0.717, 1.165) is 23.3 Å². The molecule has 0 unspecified atom stereocenters. The van der Waals surface area contributed by atoms with E-state index in [9.17, 15) is 0 Å². The van der Waals surface area contributed by atoms with Crippen molar-refractivity contribution in [2.45, 2.75) is 20.0 Å². The normalized spacial score (nSPS) is 11.4.